The highest BCUT2D eigenvalue weighted by atomic mass is 32.2. The number of nitriles is 1. The molecule has 21 heavy (non-hydrogen) atoms. The summed E-state index contributed by atoms with van der Waals surface area (Å²) in [6.45, 7) is 5.21. The van der Waals surface area contributed by atoms with E-state index in [4.69, 9.17) is 5.26 Å². The van der Waals surface area contributed by atoms with Crippen LogP contribution in [0.3, 0.4) is 0 Å². The van der Waals surface area contributed by atoms with Gasteiger partial charge in [0.1, 0.15) is 5.75 Å². The third-order valence-electron chi connectivity index (χ3n) is 3.66. The van der Waals surface area contributed by atoms with Gasteiger partial charge in [-0.05, 0) is 44.9 Å². The van der Waals surface area contributed by atoms with Crippen molar-refractivity contribution in [3.8, 4) is 6.07 Å². The van der Waals surface area contributed by atoms with Crippen molar-refractivity contribution >= 4 is 21.4 Å². The average Bonchev–Trinajstić information content (AvgIpc) is 2.79. The number of anilines is 1. The highest BCUT2D eigenvalue weighted by molar-refractivity contribution is 7.93. The van der Waals surface area contributed by atoms with Crippen LogP contribution in [0.4, 0.5) is 5.69 Å². The molecule has 5 nitrogen and oxygen atoms in total. The van der Waals surface area contributed by atoms with Crippen molar-refractivity contribution in [2.24, 2.45) is 0 Å². The molecule has 0 aromatic heterocycles. The molecule has 0 fully saturated rings. The number of benzene rings is 1. The Labute approximate surface area is 125 Å². The van der Waals surface area contributed by atoms with Crippen molar-refractivity contribution in [2.75, 3.05) is 17.2 Å². The van der Waals surface area contributed by atoms with E-state index >= 15 is 0 Å². The van der Waals surface area contributed by atoms with Gasteiger partial charge in [0, 0.05) is 12.2 Å². The number of rotatable bonds is 2. The van der Waals surface area contributed by atoms with Gasteiger partial charge in [0.2, 0.25) is 5.91 Å². The molecular weight excluding hydrogens is 288 g/mol. The zero-order valence-corrected chi connectivity index (χ0v) is 13.2. The molecule has 1 heterocycles. The lowest BCUT2D eigenvalue weighted by molar-refractivity contribution is -0.116. The summed E-state index contributed by atoms with van der Waals surface area (Å²) in [6, 6.07) is 7.20. The number of hydrogen-bond donors (Lipinski definition) is 0. The Morgan fingerprint density at radius 1 is 1.38 bits per heavy atom. The Balaban J connectivity index is 2.27. The predicted octanol–water partition coefficient (Wildman–Crippen LogP) is 1.66. The van der Waals surface area contributed by atoms with Gasteiger partial charge in [-0.15, -0.1) is 0 Å². The zero-order valence-electron chi connectivity index (χ0n) is 12.4. The first kappa shape index (κ1) is 15.5. The molecule has 112 valence electrons. The van der Waals surface area contributed by atoms with Gasteiger partial charge in [0.25, 0.3) is 0 Å². The van der Waals surface area contributed by atoms with E-state index in [2.05, 4.69) is 0 Å². The molecule has 1 aliphatic heterocycles. The topological polar surface area (TPSA) is 78.2 Å². The van der Waals surface area contributed by atoms with Crippen LogP contribution in [0.2, 0.25) is 0 Å². The fourth-order valence-corrected chi connectivity index (χ4v) is 3.08. The normalized spacial score (nSPS) is 14.7. The maximum atomic E-state index is 12.3. The molecule has 6 heteroatoms. The molecule has 0 bridgehead atoms. The summed E-state index contributed by atoms with van der Waals surface area (Å²) in [4.78, 5) is 13.8. The standard InChI is InChI=1S/C15H18N2O3S/c1-15(2,3)21(19,20)10-14(18)17-7-6-12-5-4-11(9-16)8-13(12)17/h4-5,8H,6-7,10H2,1-3H3. The maximum Gasteiger partial charge on any atom is 0.242 e. The van der Waals surface area contributed by atoms with Crippen molar-refractivity contribution in [1.29, 1.82) is 5.26 Å². The van der Waals surface area contributed by atoms with Gasteiger partial charge in [-0.2, -0.15) is 5.26 Å². The van der Waals surface area contributed by atoms with Crippen LogP contribution in [0.1, 0.15) is 31.9 Å². The van der Waals surface area contributed by atoms with E-state index in [-0.39, 0.29) is 0 Å². The number of nitrogens with zero attached hydrogens (tertiary/aromatic N) is 2. The van der Waals surface area contributed by atoms with Gasteiger partial charge in [-0.3, -0.25) is 4.79 Å². The van der Waals surface area contributed by atoms with Crippen LogP contribution in [-0.4, -0.2) is 31.4 Å². The number of sulfone groups is 1. The van der Waals surface area contributed by atoms with Gasteiger partial charge in [0.05, 0.1) is 16.4 Å². The van der Waals surface area contributed by atoms with Crippen LogP contribution in [0.25, 0.3) is 0 Å². The minimum absolute atomic E-state index is 0.432. The first-order valence-corrected chi connectivity index (χ1v) is 8.36. The summed E-state index contributed by atoms with van der Waals surface area (Å²) in [5, 5.41) is 8.94. The SMILES string of the molecule is CC(C)(C)S(=O)(=O)CC(=O)N1CCc2ccc(C#N)cc21. The molecule has 0 saturated carbocycles. The second-order valence-electron chi connectivity index (χ2n) is 6.12. The van der Waals surface area contributed by atoms with Crippen molar-refractivity contribution < 1.29 is 13.2 Å². The fourth-order valence-electron chi connectivity index (χ4n) is 2.16. The summed E-state index contributed by atoms with van der Waals surface area (Å²) < 4.78 is 23.4. The molecular formula is C15H18N2O3S. The minimum Gasteiger partial charge on any atom is -0.311 e. The lowest BCUT2D eigenvalue weighted by Gasteiger charge is -2.22. The van der Waals surface area contributed by atoms with Crippen molar-refractivity contribution in [3.05, 3.63) is 29.3 Å². The van der Waals surface area contributed by atoms with E-state index in [1.165, 1.54) is 4.90 Å². The van der Waals surface area contributed by atoms with Crippen LogP contribution in [0.5, 0.6) is 0 Å². The van der Waals surface area contributed by atoms with Gasteiger partial charge < -0.3 is 4.90 Å². The fraction of sp³-hybridized carbons (Fsp3) is 0.467. The van der Waals surface area contributed by atoms with Crippen LogP contribution in [-0.2, 0) is 21.1 Å². The van der Waals surface area contributed by atoms with Gasteiger partial charge in [-0.1, -0.05) is 6.07 Å². The van der Waals surface area contributed by atoms with Gasteiger partial charge in [-0.25, -0.2) is 8.42 Å². The monoisotopic (exact) mass is 306 g/mol. The Morgan fingerprint density at radius 2 is 2.05 bits per heavy atom. The second kappa shape index (κ2) is 5.15. The van der Waals surface area contributed by atoms with E-state index in [0.717, 1.165) is 5.56 Å². The molecule has 0 unspecified atom stereocenters. The Morgan fingerprint density at radius 3 is 2.62 bits per heavy atom. The summed E-state index contributed by atoms with van der Waals surface area (Å²) in [5.74, 6) is -0.939. The number of carbonyl (C=O) groups is 1. The number of hydrogen-bond acceptors (Lipinski definition) is 4. The highest BCUT2D eigenvalue weighted by Gasteiger charge is 2.34. The highest BCUT2D eigenvalue weighted by Crippen LogP contribution is 2.29. The van der Waals surface area contributed by atoms with Crippen LogP contribution in [0, 0.1) is 11.3 Å². The molecule has 0 spiro atoms. The first-order chi connectivity index (χ1) is 9.65. The van der Waals surface area contributed by atoms with E-state index in [1.54, 1.807) is 32.9 Å². The third kappa shape index (κ3) is 2.93. The third-order valence-corrected chi connectivity index (χ3v) is 6.15. The van der Waals surface area contributed by atoms with Gasteiger partial charge in [0.15, 0.2) is 9.84 Å². The number of fused-ring (bicyclic) bond motifs is 1. The largest absolute Gasteiger partial charge is 0.311 e. The van der Waals surface area contributed by atoms with Crippen molar-refractivity contribution in [3.63, 3.8) is 0 Å². The number of amides is 1. The van der Waals surface area contributed by atoms with Crippen molar-refractivity contribution in [2.45, 2.75) is 31.9 Å². The molecule has 1 aromatic carbocycles. The minimum atomic E-state index is -3.51. The van der Waals surface area contributed by atoms with Crippen LogP contribution < -0.4 is 4.90 Å². The summed E-state index contributed by atoms with van der Waals surface area (Å²) in [7, 11) is -3.51. The first-order valence-electron chi connectivity index (χ1n) is 6.71. The predicted molar refractivity (Wildman–Crippen MR) is 80.8 cm³/mol. The maximum absolute atomic E-state index is 12.3. The van der Waals surface area contributed by atoms with Crippen LogP contribution in [0.15, 0.2) is 18.2 Å². The summed E-state index contributed by atoms with van der Waals surface area (Å²) in [6.07, 6.45) is 0.683. The van der Waals surface area contributed by atoms with Gasteiger partial charge >= 0.3 is 0 Å². The summed E-state index contributed by atoms with van der Waals surface area (Å²) in [5.41, 5.74) is 2.09. The number of carbonyl (C=O) groups excluding carboxylic acids is 1. The second-order valence-corrected chi connectivity index (χ2v) is 8.87. The molecule has 2 rings (SSSR count). The molecule has 0 saturated heterocycles. The van der Waals surface area contributed by atoms with E-state index in [0.29, 0.717) is 24.2 Å². The van der Waals surface area contributed by atoms with Crippen molar-refractivity contribution in [1.82, 2.24) is 0 Å². The van der Waals surface area contributed by atoms with E-state index < -0.39 is 26.2 Å². The Hall–Kier alpha value is -1.87. The zero-order chi connectivity index (χ0) is 15.8. The lowest BCUT2D eigenvalue weighted by Crippen LogP contribution is -2.40. The van der Waals surface area contributed by atoms with E-state index in [1.807, 2.05) is 12.1 Å². The Bertz CT molecular complexity index is 724. The lowest BCUT2D eigenvalue weighted by atomic mass is 10.1. The molecule has 0 atom stereocenters. The average molecular weight is 306 g/mol. The van der Waals surface area contributed by atoms with E-state index in [9.17, 15) is 13.2 Å². The molecule has 0 radical (unpaired) electrons. The quantitative estimate of drug-likeness (QED) is 0.832. The van der Waals surface area contributed by atoms with Crippen LogP contribution >= 0.6 is 0 Å². The molecule has 1 aliphatic rings. The molecule has 1 amide bonds. The smallest absolute Gasteiger partial charge is 0.242 e. The molecule has 0 N–H and O–H groups in total. The molecule has 0 aliphatic carbocycles. The summed E-state index contributed by atoms with van der Waals surface area (Å²) >= 11 is 0. The Kier molecular flexibility index (Phi) is 3.81. The molecule has 1 aromatic rings.